The molecule has 1 unspecified atom stereocenters. The molecule has 3 rings (SSSR count). The summed E-state index contributed by atoms with van der Waals surface area (Å²) in [5.41, 5.74) is 1.73. The second-order valence-corrected chi connectivity index (χ2v) is 6.25. The lowest BCUT2D eigenvalue weighted by atomic mass is 10.1. The summed E-state index contributed by atoms with van der Waals surface area (Å²) >= 11 is 0. The molecule has 20 heavy (non-hydrogen) atoms. The van der Waals surface area contributed by atoms with Gasteiger partial charge in [0.1, 0.15) is 6.04 Å². The van der Waals surface area contributed by atoms with Gasteiger partial charge in [-0.05, 0) is 23.5 Å². The van der Waals surface area contributed by atoms with Gasteiger partial charge in [0.2, 0.25) is 0 Å². The van der Waals surface area contributed by atoms with Crippen LogP contribution in [0.3, 0.4) is 0 Å². The lowest BCUT2D eigenvalue weighted by Gasteiger charge is -2.23. The van der Waals surface area contributed by atoms with E-state index in [1.165, 1.54) is 4.90 Å². The van der Waals surface area contributed by atoms with E-state index in [0.717, 1.165) is 12.0 Å². The van der Waals surface area contributed by atoms with Gasteiger partial charge in [0.05, 0.1) is 0 Å². The number of hydrogen-bond donors (Lipinski definition) is 2. The molecule has 5 heteroatoms. The standard InChI is InChI=1S/C15H18N2O3/c1-15(2)8-12(15)16-14(20)17-10-6-4-3-5-9(10)7-11(17)13(18)19/h3-6,11-12H,7-8H2,1-2H3,(H,16,20)(H,18,19)/t11-,12?/m0/s1. The van der Waals surface area contributed by atoms with Gasteiger partial charge in [-0.2, -0.15) is 0 Å². The topological polar surface area (TPSA) is 69.6 Å². The van der Waals surface area contributed by atoms with Crippen LogP contribution in [-0.4, -0.2) is 29.2 Å². The number of amides is 2. The molecule has 1 fully saturated rings. The molecule has 0 spiro atoms. The van der Waals surface area contributed by atoms with Gasteiger partial charge in [-0.25, -0.2) is 9.59 Å². The zero-order valence-electron chi connectivity index (χ0n) is 11.6. The Labute approximate surface area is 117 Å². The van der Waals surface area contributed by atoms with Crippen LogP contribution >= 0.6 is 0 Å². The first-order chi connectivity index (χ1) is 9.40. The first-order valence-corrected chi connectivity index (χ1v) is 6.80. The lowest BCUT2D eigenvalue weighted by Crippen LogP contribution is -2.49. The van der Waals surface area contributed by atoms with E-state index in [2.05, 4.69) is 19.2 Å². The normalized spacial score (nSPS) is 26.0. The number of urea groups is 1. The second kappa shape index (κ2) is 4.23. The van der Waals surface area contributed by atoms with E-state index in [4.69, 9.17) is 0 Å². The molecule has 1 saturated carbocycles. The van der Waals surface area contributed by atoms with Crippen LogP contribution in [0.15, 0.2) is 24.3 Å². The third kappa shape index (κ3) is 2.03. The maximum absolute atomic E-state index is 12.4. The van der Waals surface area contributed by atoms with E-state index in [-0.39, 0.29) is 17.5 Å². The molecule has 106 valence electrons. The van der Waals surface area contributed by atoms with Gasteiger partial charge in [0.25, 0.3) is 0 Å². The molecular formula is C15H18N2O3. The van der Waals surface area contributed by atoms with Crippen molar-refractivity contribution in [2.75, 3.05) is 4.90 Å². The van der Waals surface area contributed by atoms with E-state index >= 15 is 0 Å². The Hall–Kier alpha value is -2.04. The minimum Gasteiger partial charge on any atom is -0.480 e. The van der Waals surface area contributed by atoms with Crippen LogP contribution in [0.2, 0.25) is 0 Å². The highest BCUT2D eigenvalue weighted by Crippen LogP contribution is 2.45. The van der Waals surface area contributed by atoms with Gasteiger partial charge >= 0.3 is 12.0 Å². The number of carboxylic acid groups (broad SMARTS) is 1. The SMILES string of the molecule is CC1(C)CC1NC(=O)N1c2ccccc2C[C@H]1C(=O)O. The number of nitrogens with zero attached hydrogens (tertiary/aromatic N) is 1. The number of carbonyl (C=O) groups is 2. The number of anilines is 1. The van der Waals surface area contributed by atoms with Crippen LogP contribution in [0, 0.1) is 5.41 Å². The van der Waals surface area contributed by atoms with Crippen LogP contribution in [0.1, 0.15) is 25.8 Å². The Bertz CT molecular complexity index is 582. The van der Waals surface area contributed by atoms with Gasteiger partial charge in [0, 0.05) is 18.2 Å². The summed E-state index contributed by atoms with van der Waals surface area (Å²) in [5, 5.41) is 12.3. The molecule has 2 atom stereocenters. The third-order valence-electron chi connectivity index (χ3n) is 4.29. The minimum absolute atomic E-state index is 0.119. The zero-order chi connectivity index (χ0) is 14.5. The number of para-hydroxylation sites is 1. The number of nitrogens with one attached hydrogen (secondary N) is 1. The van der Waals surface area contributed by atoms with Gasteiger partial charge in [0.15, 0.2) is 0 Å². The van der Waals surface area contributed by atoms with E-state index in [1.54, 1.807) is 6.07 Å². The van der Waals surface area contributed by atoms with Crippen molar-refractivity contribution in [2.24, 2.45) is 5.41 Å². The minimum atomic E-state index is -0.966. The summed E-state index contributed by atoms with van der Waals surface area (Å²) in [7, 11) is 0. The second-order valence-electron chi connectivity index (χ2n) is 6.25. The lowest BCUT2D eigenvalue weighted by molar-refractivity contribution is -0.138. The summed E-state index contributed by atoms with van der Waals surface area (Å²) in [6, 6.07) is 6.38. The number of fused-ring (bicyclic) bond motifs is 1. The summed E-state index contributed by atoms with van der Waals surface area (Å²) in [4.78, 5) is 25.2. The van der Waals surface area contributed by atoms with Crippen LogP contribution in [0.25, 0.3) is 0 Å². The zero-order valence-corrected chi connectivity index (χ0v) is 11.6. The molecule has 2 amide bonds. The van der Waals surface area contributed by atoms with Crippen molar-refractivity contribution in [3.05, 3.63) is 29.8 Å². The monoisotopic (exact) mass is 274 g/mol. The Kier molecular flexibility index (Phi) is 2.74. The van der Waals surface area contributed by atoms with Gasteiger partial charge in [-0.15, -0.1) is 0 Å². The van der Waals surface area contributed by atoms with Gasteiger partial charge in [-0.1, -0.05) is 32.0 Å². The quantitative estimate of drug-likeness (QED) is 0.866. The largest absolute Gasteiger partial charge is 0.480 e. The maximum atomic E-state index is 12.4. The molecule has 0 aromatic heterocycles. The summed E-state index contributed by atoms with van der Waals surface area (Å²) in [5.74, 6) is -0.966. The van der Waals surface area contributed by atoms with E-state index in [0.29, 0.717) is 12.1 Å². The van der Waals surface area contributed by atoms with Crippen molar-refractivity contribution in [2.45, 2.75) is 38.8 Å². The van der Waals surface area contributed by atoms with Crippen LogP contribution < -0.4 is 10.2 Å². The van der Waals surface area contributed by atoms with Gasteiger partial charge < -0.3 is 10.4 Å². The van der Waals surface area contributed by atoms with Crippen LogP contribution in [0.5, 0.6) is 0 Å². The summed E-state index contributed by atoms with van der Waals surface area (Å²) in [6.07, 6.45) is 1.30. The highest BCUT2D eigenvalue weighted by atomic mass is 16.4. The number of carbonyl (C=O) groups excluding carboxylic acids is 1. The Balaban J connectivity index is 1.85. The van der Waals surface area contributed by atoms with E-state index in [9.17, 15) is 14.7 Å². The van der Waals surface area contributed by atoms with Crippen molar-refractivity contribution in [1.82, 2.24) is 5.32 Å². The highest BCUT2D eigenvalue weighted by molar-refractivity contribution is 6.01. The summed E-state index contributed by atoms with van der Waals surface area (Å²) in [6.45, 7) is 4.18. The predicted octanol–water partition coefficient (Wildman–Crippen LogP) is 2.01. The van der Waals surface area contributed by atoms with E-state index in [1.807, 2.05) is 18.2 Å². The molecule has 1 aliphatic heterocycles. The molecule has 0 saturated heterocycles. The number of rotatable bonds is 2. The first kappa shape index (κ1) is 13.0. The van der Waals surface area contributed by atoms with Crippen molar-refractivity contribution in [1.29, 1.82) is 0 Å². The van der Waals surface area contributed by atoms with Crippen molar-refractivity contribution in [3.8, 4) is 0 Å². The summed E-state index contributed by atoms with van der Waals surface area (Å²) < 4.78 is 0. The average Bonchev–Trinajstić information content (AvgIpc) is 2.84. The first-order valence-electron chi connectivity index (χ1n) is 6.80. The molecular weight excluding hydrogens is 256 g/mol. The fourth-order valence-electron chi connectivity index (χ4n) is 2.77. The molecule has 5 nitrogen and oxygen atoms in total. The van der Waals surface area contributed by atoms with E-state index < -0.39 is 12.0 Å². The Morgan fingerprint density at radius 3 is 2.60 bits per heavy atom. The third-order valence-corrected chi connectivity index (χ3v) is 4.29. The molecule has 2 N–H and O–H groups in total. The Morgan fingerprint density at radius 1 is 1.35 bits per heavy atom. The van der Waals surface area contributed by atoms with Crippen LogP contribution in [0.4, 0.5) is 10.5 Å². The molecule has 1 aromatic carbocycles. The number of carboxylic acids is 1. The average molecular weight is 274 g/mol. The Morgan fingerprint density at radius 2 is 2.00 bits per heavy atom. The fourth-order valence-corrected chi connectivity index (χ4v) is 2.77. The maximum Gasteiger partial charge on any atom is 0.327 e. The molecule has 1 aliphatic carbocycles. The smallest absolute Gasteiger partial charge is 0.327 e. The number of hydrogen-bond acceptors (Lipinski definition) is 2. The fraction of sp³-hybridized carbons (Fsp3) is 0.467. The number of benzene rings is 1. The highest BCUT2D eigenvalue weighted by Gasteiger charge is 2.48. The molecule has 1 aromatic rings. The van der Waals surface area contributed by atoms with Crippen LogP contribution in [-0.2, 0) is 11.2 Å². The molecule has 0 bridgehead atoms. The molecule has 1 heterocycles. The predicted molar refractivity (Wildman–Crippen MR) is 74.8 cm³/mol. The molecule has 2 aliphatic rings. The van der Waals surface area contributed by atoms with Gasteiger partial charge in [-0.3, -0.25) is 4.90 Å². The molecule has 0 radical (unpaired) electrons. The number of aliphatic carboxylic acids is 1. The van der Waals surface area contributed by atoms with Crippen molar-refractivity contribution in [3.63, 3.8) is 0 Å². The van der Waals surface area contributed by atoms with Crippen molar-refractivity contribution < 1.29 is 14.7 Å². The van der Waals surface area contributed by atoms with Crippen molar-refractivity contribution >= 4 is 17.7 Å².